The van der Waals surface area contributed by atoms with Crippen LogP contribution in [0.25, 0.3) is 0 Å². The van der Waals surface area contributed by atoms with Gasteiger partial charge in [-0.2, -0.15) is 0 Å². The third kappa shape index (κ3) is 8.84. The lowest BCUT2D eigenvalue weighted by Crippen LogP contribution is -1.90. The predicted molar refractivity (Wildman–Crippen MR) is 34.7 cm³/mol. The molecule has 38 valence electrons. The molecule has 0 unspecified atom stereocenters. The molecule has 0 fully saturated rings. The maximum atomic E-state index is 10.7. The van der Waals surface area contributed by atoms with Crippen LogP contribution in [0.15, 0.2) is 12.4 Å². The molecule has 0 atom stereocenters. The van der Waals surface area contributed by atoms with Gasteiger partial charge in [0, 0.05) is 6.54 Å². The Labute approximate surface area is 53.4 Å². The van der Waals surface area contributed by atoms with Crippen molar-refractivity contribution in [2.24, 2.45) is 5.73 Å². The van der Waals surface area contributed by atoms with Gasteiger partial charge in [-0.05, 0) is 6.08 Å². The summed E-state index contributed by atoms with van der Waals surface area (Å²) in [7, 11) is 0. The highest BCUT2D eigenvalue weighted by atomic mass is 127. The first-order chi connectivity index (χ1) is 2.41. The second-order valence-electron chi connectivity index (χ2n) is 0.597. The third-order valence-corrected chi connectivity index (χ3v) is 0.225. The highest BCUT2D eigenvalue weighted by molar-refractivity contribution is 14.0. The molecule has 0 amide bonds. The van der Waals surface area contributed by atoms with Crippen LogP contribution in [0.1, 0.15) is 0 Å². The van der Waals surface area contributed by atoms with Crippen LogP contribution in [0.3, 0.4) is 0 Å². The molecule has 0 bridgehead atoms. The minimum atomic E-state index is 0. The molecule has 0 aliphatic rings. The van der Waals surface area contributed by atoms with Crippen LogP contribution in [-0.4, -0.2) is 6.54 Å². The molecule has 0 radical (unpaired) electrons. The summed E-state index contributed by atoms with van der Waals surface area (Å²) < 4.78 is 10.7. The standard InChI is InChI=1S/C3H6FN.HI/c4-2-1-3-5;/h1-2H,3,5H2;1H. The van der Waals surface area contributed by atoms with Crippen LogP contribution < -0.4 is 5.73 Å². The van der Waals surface area contributed by atoms with Gasteiger partial charge in [0.1, 0.15) is 0 Å². The Kier molecular flexibility index (Phi) is 14.5. The minimum Gasteiger partial charge on any atom is -0.327 e. The van der Waals surface area contributed by atoms with Gasteiger partial charge in [-0.3, -0.25) is 0 Å². The van der Waals surface area contributed by atoms with Crippen LogP contribution >= 0.6 is 24.0 Å². The van der Waals surface area contributed by atoms with Crippen LogP contribution in [0.5, 0.6) is 0 Å². The molecule has 0 aliphatic heterocycles. The van der Waals surface area contributed by atoms with Crippen LogP contribution in [-0.2, 0) is 0 Å². The average molecular weight is 203 g/mol. The third-order valence-electron chi connectivity index (χ3n) is 0.225. The average Bonchev–Trinajstić information content (AvgIpc) is 1.41. The number of hydrogen-bond donors (Lipinski definition) is 1. The Balaban J connectivity index is 0. The van der Waals surface area contributed by atoms with Crippen molar-refractivity contribution in [3.05, 3.63) is 12.4 Å². The first kappa shape index (κ1) is 9.61. The van der Waals surface area contributed by atoms with Crippen molar-refractivity contribution in [1.29, 1.82) is 0 Å². The number of nitrogens with two attached hydrogens (primary N) is 1. The van der Waals surface area contributed by atoms with Crippen molar-refractivity contribution in [1.82, 2.24) is 0 Å². The number of rotatable bonds is 1. The van der Waals surface area contributed by atoms with Gasteiger partial charge in [0.2, 0.25) is 0 Å². The SMILES string of the molecule is I.NCC=CF. The van der Waals surface area contributed by atoms with Crippen molar-refractivity contribution < 1.29 is 4.39 Å². The predicted octanol–water partition coefficient (Wildman–Crippen LogP) is 1.05. The Morgan fingerprint density at radius 3 is 2.17 bits per heavy atom. The van der Waals surface area contributed by atoms with Crippen molar-refractivity contribution in [3.63, 3.8) is 0 Å². The van der Waals surface area contributed by atoms with Gasteiger partial charge in [-0.15, -0.1) is 24.0 Å². The summed E-state index contributed by atoms with van der Waals surface area (Å²) in [5, 5.41) is 0. The molecule has 2 N–H and O–H groups in total. The summed E-state index contributed by atoms with van der Waals surface area (Å²) >= 11 is 0. The van der Waals surface area contributed by atoms with E-state index in [4.69, 9.17) is 5.73 Å². The lowest BCUT2D eigenvalue weighted by molar-refractivity contribution is 0.717. The van der Waals surface area contributed by atoms with E-state index in [1.165, 1.54) is 6.08 Å². The molecular formula is C3H7FIN. The van der Waals surface area contributed by atoms with Gasteiger partial charge in [-0.1, -0.05) is 0 Å². The van der Waals surface area contributed by atoms with Gasteiger partial charge >= 0.3 is 0 Å². The molecular weight excluding hydrogens is 196 g/mol. The molecule has 0 aromatic carbocycles. The van der Waals surface area contributed by atoms with E-state index in [0.29, 0.717) is 6.33 Å². The zero-order chi connectivity index (χ0) is 4.12. The quantitative estimate of drug-likeness (QED) is 0.633. The van der Waals surface area contributed by atoms with Crippen molar-refractivity contribution >= 4 is 24.0 Å². The number of hydrogen-bond acceptors (Lipinski definition) is 1. The fourth-order valence-electron chi connectivity index (χ4n) is 0.0514. The Morgan fingerprint density at radius 1 is 1.67 bits per heavy atom. The Morgan fingerprint density at radius 2 is 2.17 bits per heavy atom. The largest absolute Gasteiger partial charge is 0.327 e. The van der Waals surface area contributed by atoms with E-state index in [-0.39, 0.29) is 30.5 Å². The topological polar surface area (TPSA) is 26.0 Å². The maximum Gasteiger partial charge on any atom is 0.0839 e. The molecule has 0 heterocycles. The van der Waals surface area contributed by atoms with Crippen LogP contribution in [0, 0.1) is 0 Å². The van der Waals surface area contributed by atoms with Gasteiger partial charge in [-0.25, -0.2) is 4.39 Å². The van der Waals surface area contributed by atoms with Crippen LogP contribution in [0.2, 0.25) is 0 Å². The molecule has 0 rings (SSSR count). The summed E-state index contributed by atoms with van der Waals surface area (Å²) in [4.78, 5) is 0. The second kappa shape index (κ2) is 9.03. The van der Waals surface area contributed by atoms with Crippen molar-refractivity contribution in [3.8, 4) is 0 Å². The molecule has 1 nitrogen and oxygen atoms in total. The molecule has 0 spiro atoms. The van der Waals surface area contributed by atoms with Gasteiger partial charge in [0.15, 0.2) is 0 Å². The Bertz CT molecular complexity index is 37.8. The summed E-state index contributed by atoms with van der Waals surface area (Å²) in [5.41, 5.74) is 4.81. The van der Waals surface area contributed by atoms with E-state index >= 15 is 0 Å². The summed E-state index contributed by atoms with van der Waals surface area (Å²) in [6.07, 6.45) is 1.67. The zero-order valence-electron chi connectivity index (χ0n) is 3.23. The molecule has 0 saturated heterocycles. The number of halogens is 2. The summed E-state index contributed by atoms with van der Waals surface area (Å²) in [5.74, 6) is 0. The first-order valence-corrected chi connectivity index (χ1v) is 1.37. The van der Waals surface area contributed by atoms with E-state index in [9.17, 15) is 4.39 Å². The normalized spacial score (nSPS) is 8.33. The van der Waals surface area contributed by atoms with Crippen LogP contribution in [0.4, 0.5) is 4.39 Å². The molecule has 0 aromatic heterocycles. The van der Waals surface area contributed by atoms with Gasteiger partial charge < -0.3 is 5.73 Å². The molecule has 3 heteroatoms. The fourth-order valence-corrected chi connectivity index (χ4v) is 0.0514. The second-order valence-corrected chi connectivity index (χ2v) is 0.597. The van der Waals surface area contributed by atoms with E-state index in [1.807, 2.05) is 0 Å². The monoisotopic (exact) mass is 203 g/mol. The lowest BCUT2D eigenvalue weighted by atomic mass is 10.7. The molecule has 0 aliphatic carbocycles. The van der Waals surface area contributed by atoms with Crippen molar-refractivity contribution in [2.45, 2.75) is 0 Å². The van der Waals surface area contributed by atoms with E-state index in [2.05, 4.69) is 0 Å². The van der Waals surface area contributed by atoms with E-state index in [0.717, 1.165) is 0 Å². The van der Waals surface area contributed by atoms with Gasteiger partial charge in [0.05, 0.1) is 6.33 Å². The maximum absolute atomic E-state index is 10.7. The highest BCUT2D eigenvalue weighted by Crippen LogP contribution is 1.63. The minimum absolute atomic E-state index is 0. The fraction of sp³-hybridized carbons (Fsp3) is 0.333. The highest BCUT2D eigenvalue weighted by Gasteiger charge is 1.54. The molecule has 0 aromatic rings. The Hall–Kier alpha value is 0.360. The van der Waals surface area contributed by atoms with Gasteiger partial charge in [0.25, 0.3) is 0 Å². The lowest BCUT2D eigenvalue weighted by Gasteiger charge is -1.64. The van der Waals surface area contributed by atoms with E-state index < -0.39 is 0 Å². The smallest absolute Gasteiger partial charge is 0.0839 e. The van der Waals surface area contributed by atoms with E-state index in [1.54, 1.807) is 0 Å². The zero-order valence-corrected chi connectivity index (χ0v) is 5.56. The summed E-state index contributed by atoms with van der Waals surface area (Å²) in [6.45, 7) is 0.288. The molecule has 6 heavy (non-hydrogen) atoms. The summed E-state index contributed by atoms with van der Waals surface area (Å²) in [6, 6.07) is 0. The first-order valence-electron chi connectivity index (χ1n) is 1.37. The molecule has 0 saturated carbocycles. The van der Waals surface area contributed by atoms with Crippen molar-refractivity contribution in [2.75, 3.05) is 6.54 Å².